The number of nitrogens with zero attached hydrogens (tertiary/aromatic N) is 1. The van der Waals surface area contributed by atoms with Crippen molar-refractivity contribution in [3.8, 4) is 0 Å². The molecule has 0 aromatic heterocycles. The zero-order chi connectivity index (χ0) is 15.7. The van der Waals surface area contributed by atoms with Crippen molar-refractivity contribution in [2.75, 3.05) is 26.3 Å². The molecule has 0 bridgehead atoms. The molecule has 2 unspecified atom stereocenters. The molecule has 2 atom stereocenters. The maximum atomic E-state index is 13.0. The summed E-state index contributed by atoms with van der Waals surface area (Å²) >= 11 is 0. The summed E-state index contributed by atoms with van der Waals surface area (Å²) in [5, 5.41) is 11.5. The Kier molecular flexibility index (Phi) is 4.31. The molecule has 0 spiro atoms. The molecule has 21 heavy (non-hydrogen) atoms. The van der Waals surface area contributed by atoms with Gasteiger partial charge in [-0.15, -0.1) is 0 Å². The molecule has 6 nitrogen and oxygen atoms in total. The van der Waals surface area contributed by atoms with Crippen LogP contribution in [0.4, 0.5) is 18.0 Å². The van der Waals surface area contributed by atoms with Crippen molar-refractivity contribution in [1.82, 2.24) is 10.2 Å². The molecule has 120 valence electrons. The average Bonchev–Trinajstić information content (AvgIpc) is 2.86. The number of rotatable bonds is 2. The first kappa shape index (κ1) is 15.9. The van der Waals surface area contributed by atoms with E-state index in [9.17, 15) is 22.8 Å². The number of nitrogens with one attached hydrogen (secondary N) is 1. The maximum absolute atomic E-state index is 13.0. The first-order chi connectivity index (χ1) is 9.76. The normalized spacial score (nSPS) is 30.2. The lowest BCUT2D eigenvalue weighted by Crippen LogP contribution is -2.51. The molecule has 2 aliphatic heterocycles. The van der Waals surface area contributed by atoms with E-state index in [-0.39, 0.29) is 12.6 Å². The van der Waals surface area contributed by atoms with Gasteiger partial charge in [0, 0.05) is 19.7 Å². The van der Waals surface area contributed by atoms with E-state index >= 15 is 0 Å². The van der Waals surface area contributed by atoms with Crippen LogP contribution in [0.5, 0.6) is 0 Å². The number of alkyl halides is 3. The van der Waals surface area contributed by atoms with E-state index in [1.54, 1.807) is 0 Å². The summed E-state index contributed by atoms with van der Waals surface area (Å²) in [6.45, 7) is -0.161. The standard InChI is InChI=1S/C12H17F3N2O4/c13-12(14,15)11(9(18)19)3-4-17(7-11)10(20)16-8-2-1-5-21-6-8/h8H,1-7H2,(H,16,20)(H,18,19). The quantitative estimate of drug-likeness (QED) is 0.803. The van der Waals surface area contributed by atoms with Crippen molar-refractivity contribution >= 4 is 12.0 Å². The van der Waals surface area contributed by atoms with Gasteiger partial charge >= 0.3 is 18.2 Å². The van der Waals surface area contributed by atoms with Crippen molar-refractivity contribution in [2.24, 2.45) is 5.41 Å². The van der Waals surface area contributed by atoms with Gasteiger partial charge in [0.05, 0.1) is 12.6 Å². The summed E-state index contributed by atoms with van der Waals surface area (Å²) in [7, 11) is 0. The van der Waals surface area contributed by atoms with E-state index in [1.165, 1.54) is 0 Å². The fourth-order valence-corrected chi connectivity index (χ4v) is 2.63. The van der Waals surface area contributed by atoms with Gasteiger partial charge in [-0.05, 0) is 19.3 Å². The average molecular weight is 310 g/mol. The fraction of sp³-hybridized carbons (Fsp3) is 0.833. The molecule has 2 aliphatic rings. The molecular formula is C12H17F3N2O4. The summed E-state index contributed by atoms with van der Waals surface area (Å²) in [5.41, 5.74) is -2.87. The lowest BCUT2D eigenvalue weighted by atomic mass is 9.86. The number of urea groups is 1. The molecule has 2 heterocycles. The highest BCUT2D eigenvalue weighted by atomic mass is 19.4. The number of carboxylic acid groups (broad SMARTS) is 1. The van der Waals surface area contributed by atoms with Gasteiger partial charge in [-0.3, -0.25) is 4.79 Å². The molecule has 0 radical (unpaired) electrons. The van der Waals surface area contributed by atoms with Gasteiger partial charge in [0.2, 0.25) is 0 Å². The summed E-state index contributed by atoms with van der Waals surface area (Å²) in [6.07, 6.45) is -4.04. The minimum absolute atomic E-state index is 0.231. The van der Waals surface area contributed by atoms with Crippen LogP contribution in [0.3, 0.4) is 0 Å². The third-order valence-electron chi connectivity index (χ3n) is 4.00. The minimum Gasteiger partial charge on any atom is -0.481 e. The van der Waals surface area contributed by atoms with Crippen LogP contribution in [0.2, 0.25) is 0 Å². The van der Waals surface area contributed by atoms with Gasteiger partial charge in [0.15, 0.2) is 5.41 Å². The number of aliphatic carboxylic acids is 1. The van der Waals surface area contributed by atoms with Gasteiger partial charge in [-0.2, -0.15) is 13.2 Å². The molecule has 2 amide bonds. The Hall–Kier alpha value is -1.51. The van der Waals surface area contributed by atoms with Crippen molar-refractivity contribution in [3.63, 3.8) is 0 Å². The molecule has 0 aromatic rings. The van der Waals surface area contributed by atoms with Crippen LogP contribution >= 0.6 is 0 Å². The highest BCUT2D eigenvalue weighted by Gasteiger charge is 2.64. The predicted octanol–water partition coefficient (Wildman–Crippen LogP) is 1.21. The summed E-state index contributed by atoms with van der Waals surface area (Å²) in [4.78, 5) is 23.9. The van der Waals surface area contributed by atoms with Gasteiger partial charge in [0.25, 0.3) is 0 Å². The van der Waals surface area contributed by atoms with Crippen LogP contribution in [-0.2, 0) is 9.53 Å². The second-order valence-electron chi connectivity index (χ2n) is 5.42. The summed E-state index contributed by atoms with van der Waals surface area (Å²) in [5.74, 6) is -1.94. The number of likely N-dealkylation sites (tertiary alicyclic amines) is 1. The summed E-state index contributed by atoms with van der Waals surface area (Å²) in [6, 6.07) is -0.908. The van der Waals surface area contributed by atoms with Crippen LogP contribution < -0.4 is 5.32 Å². The van der Waals surface area contributed by atoms with Crippen molar-refractivity contribution < 1.29 is 32.6 Å². The van der Waals surface area contributed by atoms with Crippen molar-refractivity contribution in [2.45, 2.75) is 31.5 Å². The van der Waals surface area contributed by atoms with E-state index < -0.39 is 36.6 Å². The Morgan fingerprint density at radius 2 is 2.10 bits per heavy atom. The molecule has 2 rings (SSSR count). The van der Waals surface area contributed by atoms with Crippen LogP contribution in [0.15, 0.2) is 0 Å². The predicted molar refractivity (Wildman–Crippen MR) is 64.7 cm³/mol. The zero-order valence-electron chi connectivity index (χ0n) is 11.3. The number of hydrogen-bond donors (Lipinski definition) is 2. The molecule has 9 heteroatoms. The second kappa shape index (κ2) is 5.70. The molecule has 2 N–H and O–H groups in total. The van der Waals surface area contributed by atoms with Crippen LogP contribution in [0.25, 0.3) is 0 Å². The maximum Gasteiger partial charge on any atom is 0.406 e. The Balaban J connectivity index is 2.00. The lowest BCUT2D eigenvalue weighted by molar-refractivity contribution is -0.227. The smallest absolute Gasteiger partial charge is 0.406 e. The Morgan fingerprint density at radius 1 is 1.38 bits per heavy atom. The van der Waals surface area contributed by atoms with E-state index in [0.717, 1.165) is 11.3 Å². The first-order valence-corrected chi connectivity index (χ1v) is 6.69. The topological polar surface area (TPSA) is 78.9 Å². The Labute approximate surface area is 119 Å². The number of carboxylic acids is 1. The highest BCUT2D eigenvalue weighted by molar-refractivity contribution is 5.80. The van der Waals surface area contributed by atoms with E-state index in [2.05, 4.69) is 5.32 Å². The lowest BCUT2D eigenvalue weighted by Gasteiger charge is -2.29. The second-order valence-corrected chi connectivity index (χ2v) is 5.42. The molecular weight excluding hydrogens is 293 g/mol. The largest absolute Gasteiger partial charge is 0.481 e. The van der Waals surface area contributed by atoms with Crippen LogP contribution in [0.1, 0.15) is 19.3 Å². The third-order valence-corrected chi connectivity index (χ3v) is 4.00. The highest BCUT2D eigenvalue weighted by Crippen LogP contribution is 2.45. The molecule has 2 fully saturated rings. The number of ether oxygens (including phenoxy) is 1. The molecule has 0 aliphatic carbocycles. The van der Waals surface area contributed by atoms with Crippen LogP contribution in [-0.4, -0.2) is 60.5 Å². The first-order valence-electron chi connectivity index (χ1n) is 6.69. The Morgan fingerprint density at radius 3 is 2.57 bits per heavy atom. The van der Waals surface area contributed by atoms with Gasteiger partial charge < -0.3 is 20.1 Å². The van der Waals surface area contributed by atoms with Crippen molar-refractivity contribution in [3.05, 3.63) is 0 Å². The number of halogens is 3. The van der Waals surface area contributed by atoms with E-state index in [4.69, 9.17) is 9.84 Å². The van der Waals surface area contributed by atoms with Crippen molar-refractivity contribution in [1.29, 1.82) is 0 Å². The zero-order valence-corrected chi connectivity index (χ0v) is 11.3. The monoisotopic (exact) mass is 310 g/mol. The SMILES string of the molecule is O=C(NC1CCCOC1)N1CCC(C(=O)O)(C(F)(F)F)C1. The molecule has 0 saturated carbocycles. The van der Waals surface area contributed by atoms with Gasteiger partial charge in [-0.1, -0.05) is 0 Å². The Bertz CT molecular complexity index is 423. The van der Waals surface area contributed by atoms with E-state index in [1.807, 2.05) is 0 Å². The molecule has 2 saturated heterocycles. The summed E-state index contributed by atoms with van der Waals surface area (Å²) < 4.78 is 44.2. The minimum atomic E-state index is -4.89. The number of hydrogen-bond acceptors (Lipinski definition) is 3. The van der Waals surface area contributed by atoms with Gasteiger partial charge in [-0.25, -0.2) is 4.79 Å². The van der Waals surface area contributed by atoms with Gasteiger partial charge in [0.1, 0.15) is 0 Å². The number of amides is 2. The molecule has 0 aromatic carbocycles. The van der Waals surface area contributed by atoms with E-state index in [0.29, 0.717) is 19.6 Å². The number of carbonyl (C=O) groups excluding carboxylic acids is 1. The number of carbonyl (C=O) groups is 2. The van der Waals surface area contributed by atoms with Crippen LogP contribution in [0, 0.1) is 5.41 Å². The third kappa shape index (κ3) is 3.07. The fourth-order valence-electron chi connectivity index (χ4n) is 2.63.